The van der Waals surface area contributed by atoms with Gasteiger partial charge in [-0.3, -0.25) is 0 Å². The molecule has 0 aromatic heterocycles. The maximum atomic E-state index is 11.5. The molecule has 1 aliphatic rings. The first kappa shape index (κ1) is 10.9. The zero-order chi connectivity index (χ0) is 11.5. The molecule has 0 atom stereocenters. The van der Waals surface area contributed by atoms with E-state index in [1.807, 2.05) is 0 Å². The van der Waals surface area contributed by atoms with Crippen LogP contribution in [0, 0.1) is 0 Å². The Balaban J connectivity index is 2.20. The molecule has 1 aliphatic heterocycles. The molecule has 0 saturated heterocycles. The summed E-state index contributed by atoms with van der Waals surface area (Å²) in [6.45, 7) is 4.01. The molecule has 4 nitrogen and oxygen atoms in total. The van der Waals surface area contributed by atoms with Crippen molar-refractivity contribution in [3.8, 4) is 0 Å². The Morgan fingerprint density at radius 3 is 3.25 bits per heavy atom. The van der Waals surface area contributed by atoms with Crippen LogP contribution in [0.15, 0.2) is 30.9 Å². The molecule has 1 aromatic carbocycles. The summed E-state index contributed by atoms with van der Waals surface area (Å²) in [5.41, 5.74) is 1.94. The van der Waals surface area contributed by atoms with Gasteiger partial charge in [0, 0.05) is 0 Å². The number of carbonyl (C=O) groups is 1. The molecular weight excluding hydrogens is 207 g/mol. The second-order valence-electron chi connectivity index (χ2n) is 3.46. The zero-order valence-corrected chi connectivity index (χ0v) is 8.68. The Bertz CT molecular complexity index is 430. The molecule has 0 radical (unpaired) electrons. The summed E-state index contributed by atoms with van der Waals surface area (Å²) in [4.78, 5) is 11.5. The topological polar surface area (TPSA) is 55.8 Å². The number of ether oxygens (including phenoxy) is 1. The van der Waals surface area contributed by atoms with Gasteiger partial charge < -0.3 is 14.4 Å². The fourth-order valence-electron chi connectivity index (χ4n) is 1.56. The van der Waals surface area contributed by atoms with E-state index >= 15 is 0 Å². The summed E-state index contributed by atoms with van der Waals surface area (Å²) in [5.74, 6) is -0.429. The molecule has 82 valence electrons. The lowest BCUT2D eigenvalue weighted by Gasteiger charge is -2.04. The van der Waals surface area contributed by atoms with Crippen LogP contribution in [0.4, 0.5) is 0 Å². The van der Waals surface area contributed by atoms with Crippen molar-refractivity contribution in [2.45, 2.75) is 6.61 Å². The minimum absolute atomic E-state index is 0.176. The van der Waals surface area contributed by atoms with Gasteiger partial charge in [-0.05, 0) is 23.2 Å². The van der Waals surface area contributed by atoms with Crippen molar-refractivity contribution in [2.24, 2.45) is 0 Å². The van der Waals surface area contributed by atoms with Crippen molar-refractivity contribution < 1.29 is 19.2 Å². The largest absolute Gasteiger partial charge is 0.491 e. The monoisotopic (exact) mass is 218 g/mol. The summed E-state index contributed by atoms with van der Waals surface area (Å²) in [6, 6.07) is 5.01. The van der Waals surface area contributed by atoms with Gasteiger partial charge in [0.15, 0.2) is 0 Å². The quantitative estimate of drug-likeness (QED) is 0.448. The van der Waals surface area contributed by atoms with Crippen LogP contribution in [0.2, 0.25) is 0 Å². The van der Waals surface area contributed by atoms with E-state index in [0.717, 1.165) is 5.56 Å². The third-order valence-electron chi connectivity index (χ3n) is 2.38. The SMILES string of the molecule is C=CCOC(=O)c1ccc2c(c1)B(O)OC2. The highest BCUT2D eigenvalue weighted by atomic mass is 16.5. The molecule has 16 heavy (non-hydrogen) atoms. The first-order chi connectivity index (χ1) is 7.72. The van der Waals surface area contributed by atoms with E-state index in [-0.39, 0.29) is 6.61 Å². The van der Waals surface area contributed by atoms with Crippen molar-refractivity contribution in [3.05, 3.63) is 42.0 Å². The van der Waals surface area contributed by atoms with E-state index in [9.17, 15) is 9.82 Å². The van der Waals surface area contributed by atoms with Gasteiger partial charge in [0.05, 0.1) is 12.2 Å². The molecule has 0 aliphatic carbocycles. The number of fused-ring (bicyclic) bond motifs is 1. The maximum Gasteiger partial charge on any atom is 0.491 e. The highest BCUT2D eigenvalue weighted by Gasteiger charge is 2.28. The number of benzene rings is 1. The Kier molecular flexibility index (Phi) is 3.08. The fraction of sp³-hybridized carbons (Fsp3) is 0.182. The number of hydrogen-bond donors (Lipinski definition) is 1. The van der Waals surface area contributed by atoms with Crippen LogP contribution in [0.3, 0.4) is 0 Å². The average Bonchev–Trinajstić information content (AvgIpc) is 2.67. The molecule has 0 spiro atoms. The number of esters is 1. The van der Waals surface area contributed by atoms with Crippen LogP contribution in [0.25, 0.3) is 0 Å². The summed E-state index contributed by atoms with van der Waals surface area (Å²) < 4.78 is 9.92. The Labute approximate surface area is 93.6 Å². The number of carbonyl (C=O) groups excluding carboxylic acids is 1. The van der Waals surface area contributed by atoms with Crippen LogP contribution in [0.1, 0.15) is 15.9 Å². The van der Waals surface area contributed by atoms with Crippen molar-refractivity contribution in [3.63, 3.8) is 0 Å². The molecular formula is C11H11BO4. The smallest absolute Gasteiger partial charge is 0.458 e. The lowest BCUT2D eigenvalue weighted by Crippen LogP contribution is -2.28. The normalized spacial score (nSPS) is 13.4. The van der Waals surface area contributed by atoms with Gasteiger partial charge in [-0.25, -0.2) is 4.79 Å². The van der Waals surface area contributed by atoms with Gasteiger partial charge in [-0.2, -0.15) is 0 Å². The van der Waals surface area contributed by atoms with E-state index in [0.29, 0.717) is 17.6 Å². The number of hydrogen-bond acceptors (Lipinski definition) is 4. The van der Waals surface area contributed by atoms with Gasteiger partial charge in [-0.15, -0.1) is 0 Å². The first-order valence-corrected chi connectivity index (χ1v) is 4.93. The third kappa shape index (κ3) is 2.00. The first-order valence-electron chi connectivity index (χ1n) is 4.93. The lowest BCUT2D eigenvalue weighted by atomic mass is 9.79. The molecule has 1 heterocycles. The van der Waals surface area contributed by atoms with E-state index in [1.54, 1.807) is 18.2 Å². The molecule has 2 rings (SSSR count). The predicted octanol–water partition coefficient (Wildman–Crippen LogP) is 0.247. The summed E-state index contributed by atoms with van der Waals surface area (Å²) in [5, 5.41) is 9.47. The minimum atomic E-state index is -0.942. The van der Waals surface area contributed by atoms with E-state index in [4.69, 9.17) is 9.39 Å². The summed E-state index contributed by atoms with van der Waals surface area (Å²) in [7, 11) is -0.942. The lowest BCUT2D eigenvalue weighted by molar-refractivity contribution is 0.0550. The summed E-state index contributed by atoms with van der Waals surface area (Å²) >= 11 is 0. The van der Waals surface area contributed by atoms with E-state index < -0.39 is 13.1 Å². The Morgan fingerprint density at radius 1 is 1.69 bits per heavy atom. The second-order valence-corrected chi connectivity index (χ2v) is 3.46. The van der Waals surface area contributed by atoms with Crippen LogP contribution in [-0.4, -0.2) is 24.7 Å². The molecule has 0 amide bonds. The number of rotatable bonds is 3. The standard InChI is InChI=1S/C11H11BO4/c1-2-5-15-11(13)8-3-4-9-7-16-12(14)10(9)6-8/h2-4,6,14H,1,5,7H2. The summed E-state index contributed by atoms with van der Waals surface area (Å²) in [6.07, 6.45) is 1.50. The molecule has 0 unspecified atom stereocenters. The van der Waals surface area contributed by atoms with Gasteiger partial charge >= 0.3 is 13.1 Å². The molecule has 1 N–H and O–H groups in total. The van der Waals surface area contributed by atoms with Gasteiger partial charge in [0.25, 0.3) is 0 Å². The molecule has 5 heteroatoms. The minimum Gasteiger partial charge on any atom is -0.458 e. The zero-order valence-electron chi connectivity index (χ0n) is 8.68. The molecule has 0 saturated carbocycles. The van der Waals surface area contributed by atoms with Crippen LogP contribution < -0.4 is 5.46 Å². The highest BCUT2D eigenvalue weighted by molar-refractivity contribution is 6.61. The third-order valence-corrected chi connectivity index (χ3v) is 2.38. The van der Waals surface area contributed by atoms with Gasteiger partial charge in [0.1, 0.15) is 6.61 Å². The van der Waals surface area contributed by atoms with Crippen LogP contribution in [-0.2, 0) is 16.0 Å². The Morgan fingerprint density at radius 2 is 2.50 bits per heavy atom. The molecule has 1 aromatic rings. The van der Waals surface area contributed by atoms with Crippen LogP contribution in [0.5, 0.6) is 0 Å². The average molecular weight is 218 g/mol. The van der Waals surface area contributed by atoms with Crippen molar-refractivity contribution in [1.82, 2.24) is 0 Å². The van der Waals surface area contributed by atoms with Crippen molar-refractivity contribution >= 4 is 18.6 Å². The van der Waals surface area contributed by atoms with Gasteiger partial charge in [-0.1, -0.05) is 18.7 Å². The van der Waals surface area contributed by atoms with Gasteiger partial charge in [0.2, 0.25) is 0 Å². The Hall–Kier alpha value is -1.59. The van der Waals surface area contributed by atoms with Crippen molar-refractivity contribution in [1.29, 1.82) is 0 Å². The highest BCUT2D eigenvalue weighted by Crippen LogP contribution is 2.12. The second kappa shape index (κ2) is 4.51. The molecule has 0 fully saturated rings. The maximum absolute atomic E-state index is 11.5. The van der Waals surface area contributed by atoms with Crippen molar-refractivity contribution in [2.75, 3.05) is 6.61 Å². The molecule has 0 bridgehead atoms. The fourth-order valence-corrected chi connectivity index (χ4v) is 1.56. The van der Waals surface area contributed by atoms with E-state index in [1.165, 1.54) is 6.08 Å². The van der Waals surface area contributed by atoms with E-state index in [2.05, 4.69) is 6.58 Å². The predicted molar refractivity (Wildman–Crippen MR) is 59.3 cm³/mol. The van der Waals surface area contributed by atoms with Crippen LogP contribution >= 0.6 is 0 Å².